The minimum Gasteiger partial charge on any atom is -0.478 e. The van der Waals surface area contributed by atoms with E-state index in [-0.39, 0.29) is 0 Å². The number of nitrogens with zero attached hydrogens (tertiary/aromatic N) is 1. The molecule has 2 aromatic rings. The molecule has 0 aliphatic carbocycles. The Morgan fingerprint density at radius 1 is 1.41 bits per heavy atom. The maximum absolute atomic E-state index is 11.4. The highest BCUT2D eigenvalue weighted by atomic mass is 35.5. The second-order valence-electron chi connectivity index (χ2n) is 7.67. The van der Waals surface area contributed by atoms with Crippen molar-refractivity contribution in [3.05, 3.63) is 46.3 Å². The van der Waals surface area contributed by atoms with Crippen LogP contribution in [-0.2, 0) is 19.5 Å². The van der Waals surface area contributed by atoms with Gasteiger partial charge in [0.05, 0.1) is 31.1 Å². The fourth-order valence-corrected chi connectivity index (χ4v) is 5.04. The molecule has 0 spiro atoms. The maximum atomic E-state index is 11.4. The fraction of sp³-hybridized carbons (Fsp3) is 0.409. The van der Waals surface area contributed by atoms with Crippen molar-refractivity contribution in [1.82, 2.24) is 0 Å². The Morgan fingerprint density at radius 3 is 2.72 bits per heavy atom. The summed E-state index contributed by atoms with van der Waals surface area (Å²) in [7, 11) is -1.69. The molecule has 0 bridgehead atoms. The molecule has 0 unspecified atom stereocenters. The van der Waals surface area contributed by atoms with Gasteiger partial charge in [0.25, 0.3) is 0 Å². The zero-order valence-corrected chi connectivity index (χ0v) is 20.6. The highest BCUT2D eigenvalue weighted by molar-refractivity contribution is 7.92. The number of halogens is 1. The zero-order valence-electron chi connectivity index (χ0n) is 18.2. The second kappa shape index (κ2) is 10.4. The highest BCUT2D eigenvalue weighted by Gasteiger charge is 2.35. The van der Waals surface area contributed by atoms with Gasteiger partial charge in [-0.05, 0) is 47.2 Å². The summed E-state index contributed by atoms with van der Waals surface area (Å²) < 4.78 is 36.1. The van der Waals surface area contributed by atoms with Gasteiger partial charge in [-0.25, -0.2) is 8.42 Å². The molecule has 7 nitrogen and oxygen atoms in total. The summed E-state index contributed by atoms with van der Waals surface area (Å²) in [6.07, 6.45) is 4.28. The van der Waals surface area contributed by atoms with Crippen molar-refractivity contribution in [3.63, 3.8) is 0 Å². The molecule has 0 amide bonds. The van der Waals surface area contributed by atoms with Gasteiger partial charge >= 0.3 is 0 Å². The van der Waals surface area contributed by atoms with Crippen molar-refractivity contribution < 1.29 is 23.0 Å². The molecule has 2 heterocycles. The van der Waals surface area contributed by atoms with Crippen LogP contribution in [0.3, 0.4) is 0 Å². The molecule has 0 atom stereocenters. The van der Waals surface area contributed by atoms with Crippen LogP contribution in [0.2, 0.25) is 5.02 Å². The minimum absolute atomic E-state index is 0.344. The third-order valence-corrected chi connectivity index (χ3v) is 6.85. The maximum Gasteiger partial charge on any atom is 0.229 e. The van der Waals surface area contributed by atoms with Gasteiger partial charge in [-0.2, -0.15) is 0 Å². The number of hydrogen-bond acceptors (Lipinski definition) is 7. The molecule has 2 N–H and O–H groups in total. The van der Waals surface area contributed by atoms with Gasteiger partial charge in [0.15, 0.2) is 0 Å². The Bertz CT molecular complexity index is 1120. The Balaban J connectivity index is 1.73. The van der Waals surface area contributed by atoms with Gasteiger partial charge in [0.1, 0.15) is 5.60 Å². The number of sulfonamides is 1. The lowest BCUT2D eigenvalue weighted by molar-refractivity contribution is -0.184. The summed E-state index contributed by atoms with van der Waals surface area (Å²) in [5.41, 5.74) is 2.56. The van der Waals surface area contributed by atoms with Crippen LogP contribution in [0.5, 0.6) is 0 Å². The number of ether oxygens (including phenoxy) is 2. The van der Waals surface area contributed by atoms with Crippen molar-refractivity contribution in [2.24, 2.45) is 4.99 Å². The van der Waals surface area contributed by atoms with Crippen molar-refractivity contribution in [2.45, 2.75) is 25.4 Å². The molecule has 0 saturated carbocycles. The van der Waals surface area contributed by atoms with Gasteiger partial charge < -0.3 is 14.6 Å². The molecular weight excluding hydrogens is 472 g/mol. The molecule has 1 saturated heterocycles. The number of anilines is 1. The van der Waals surface area contributed by atoms with Crippen LogP contribution in [0.25, 0.3) is 16.0 Å². The number of aliphatic imine (C=N–C) groups is 1. The molecular formula is C22H27ClN2O5S2. The summed E-state index contributed by atoms with van der Waals surface area (Å²) in [6, 6.07) is 7.14. The molecule has 1 aromatic carbocycles. The smallest absolute Gasteiger partial charge is 0.229 e. The van der Waals surface area contributed by atoms with Crippen LogP contribution in [-0.4, -0.2) is 58.1 Å². The van der Waals surface area contributed by atoms with Crippen LogP contribution in [0, 0.1) is 0 Å². The van der Waals surface area contributed by atoms with E-state index < -0.39 is 15.6 Å². The monoisotopic (exact) mass is 498 g/mol. The average molecular weight is 499 g/mol. The van der Waals surface area contributed by atoms with Crippen LogP contribution < -0.4 is 4.72 Å². The first-order chi connectivity index (χ1) is 15.1. The predicted octanol–water partition coefficient (Wildman–Crippen LogP) is 4.43. The van der Waals surface area contributed by atoms with E-state index in [1.165, 1.54) is 0 Å². The van der Waals surface area contributed by atoms with Gasteiger partial charge in [-0.3, -0.25) is 9.71 Å². The molecule has 174 valence electrons. The third-order valence-electron chi connectivity index (χ3n) is 4.97. The number of thiophene rings is 1. The average Bonchev–Trinajstić information content (AvgIpc) is 3.17. The Morgan fingerprint density at radius 2 is 2.16 bits per heavy atom. The summed E-state index contributed by atoms with van der Waals surface area (Å²) in [5, 5.41) is 12.6. The van der Waals surface area contributed by atoms with E-state index in [0.29, 0.717) is 42.8 Å². The summed E-state index contributed by atoms with van der Waals surface area (Å²) in [6.45, 7) is 3.11. The fourth-order valence-electron chi connectivity index (χ4n) is 3.18. The molecule has 10 heteroatoms. The van der Waals surface area contributed by atoms with Crippen molar-refractivity contribution in [3.8, 4) is 10.4 Å². The molecule has 32 heavy (non-hydrogen) atoms. The van der Waals surface area contributed by atoms with E-state index >= 15 is 0 Å². The molecule has 1 aliphatic heterocycles. The first-order valence-corrected chi connectivity index (χ1v) is 13.2. The number of nitrogens with one attached hydrogen (secondary N) is 1. The summed E-state index contributed by atoms with van der Waals surface area (Å²) in [4.78, 5) is 5.18. The van der Waals surface area contributed by atoms with Gasteiger partial charge in [0.2, 0.25) is 15.9 Å². The second-order valence-corrected chi connectivity index (χ2v) is 10.7. The Hall–Kier alpha value is -1.91. The minimum atomic E-state index is -3.37. The molecule has 3 rings (SSSR count). The van der Waals surface area contributed by atoms with Crippen molar-refractivity contribution in [2.75, 3.05) is 37.8 Å². The highest BCUT2D eigenvalue weighted by Crippen LogP contribution is 2.37. The summed E-state index contributed by atoms with van der Waals surface area (Å²) in [5.74, 6) is 0.507. The lowest BCUT2D eigenvalue weighted by atomic mass is 9.99. The van der Waals surface area contributed by atoms with E-state index in [9.17, 15) is 13.5 Å². The number of aliphatic hydroxyl groups is 1. The largest absolute Gasteiger partial charge is 0.478 e. The van der Waals surface area contributed by atoms with Crippen molar-refractivity contribution in [1.29, 1.82) is 0 Å². The molecule has 1 fully saturated rings. The number of allylic oxidation sites excluding steroid dienone is 1. The lowest BCUT2D eigenvalue weighted by Crippen LogP contribution is -2.50. The standard InChI is InChI=1S/C22H27ClN2O5S2/c1-4-15(10-21(24-2)30-8-7-22(26)13-29-14-22)16-9-20(31-12-16)18-6-5-17(11-19(18)23)25-32(3,27)28/h5-6,9-12,25-26H,4,7-8,13-14H2,1-3H3/b15-10+,24-21?. The molecule has 1 aliphatic rings. The van der Waals surface area contributed by atoms with Crippen molar-refractivity contribution >= 4 is 50.1 Å². The molecule has 1 aromatic heterocycles. The zero-order chi connectivity index (χ0) is 23.4. The first kappa shape index (κ1) is 24.7. The van der Waals surface area contributed by atoms with E-state index in [2.05, 4.69) is 16.6 Å². The number of benzene rings is 1. The molecule has 0 radical (unpaired) electrons. The van der Waals surface area contributed by atoms with E-state index in [1.807, 2.05) is 17.5 Å². The third kappa shape index (κ3) is 6.55. The van der Waals surface area contributed by atoms with Gasteiger partial charge in [0, 0.05) is 35.7 Å². The first-order valence-electron chi connectivity index (χ1n) is 10.1. The van der Waals surface area contributed by atoms with Gasteiger partial charge in [-0.1, -0.05) is 18.5 Å². The van der Waals surface area contributed by atoms with Crippen LogP contribution in [0.4, 0.5) is 5.69 Å². The Labute approximate surface area is 197 Å². The van der Waals surface area contributed by atoms with Crippen LogP contribution in [0.15, 0.2) is 40.7 Å². The SMILES string of the molecule is CC/C(=C\C(=NC)OCCC1(O)COC1)c1csc(-c2ccc(NS(C)(=O)=O)cc2Cl)c1. The van der Waals surface area contributed by atoms with E-state index in [0.717, 1.165) is 34.3 Å². The topological polar surface area (TPSA) is 97.2 Å². The predicted molar refractivity (Wildman–Crippen MR) is 131 cm³/mol. The van der Waals surface area contributed by atoms with Gasteiger partial charge in [-0.15, -0.1) is 11.3 Å². The number of rotatable bonds is 9. The quantitative estimate of drug-likeness (QED) is 0.393. The Kier molecular flexibility index (Phi) is 8.00. The van der Waals surface area contributed by atoms with Crippen LogP contribution in [0.1, 0.15) is 25.3 Å². The van der Waals surface area contributed by atoms with E-state index in [4.69, 9.17) is 21.1 Å². The normalized spacial score (nSPS) is 16.5. The van der Waals surface area contributed by atoms with E-state index in [1.54, 1.807) is 36.6 Å². The lowest BCUT2D eigenvalue weighted by Gasteiger charge is -2.36. The van der Waals surface area contributed by atoms with Crippen LogP contribution >= 0.6 is 22.9 Å². The number of hydrogen-bond donors (Lipinski definition) is 2. The summed E-state index contributed by atoms with van der Waals surface area (Å²) >= 11 is 7.98.